The summed E-state index contributed by atoms with van der Waals surface area (Å²) in [5.74, 6) is 0.193. The van der Waals surface area contributed by atoms with Gasteiger partial charge in [0.05, 0.1) is 17.1 Å². The van der Waals surface area contributed by atoms with Gasteiger partial charge in [0.1, 0.15) is 0 Å². The predicted molar refractivity (Wildman–Crippen MR) is 75.6 cm³/mol. The Morgan fingerprint density at radius 1 is 1.41 bits per heavy atom. The summed E-state index contributed by atoms with van der Waals surface area (Å²) in [6.07, 6.45) is 0. The van der Waals surface area contributed by atoms with Crippen molar-refractivity contribution < 1.29 is 8.42 Å². The second-order valence-corrected chi connectivity index (χ2v) is 7.30. The maximum atomic E-state index is 12.0. The van der Waals surface area contributed by atoms with Gasteiger partial charge < -0.3 is 5.73 Å². The third-order valence-electron chi connectivity index (χ3n) is 2.29. The van der Waals surface area contributed by atoms with E-state index in [2.05, 4.69) is 15.9 Å². The highest BCUT2D eigenvalue weighted by Crippen LogP contribution is 2.28. The summed E-state index contributed by atoms with van der Waals surface area (Å²) >= 11 is 3.29. The second kappa shape index (κ2) is 5.27. The first-order valence-corrected chi connectivity index (χ1v) is 7.66. The van der Waals surface area contributed by atoms with Crippen LogP contribution in [-0.2, 0) is 10.0 Å². The van der Waals surface area contributed by atoms with Crippen molar-refractivity contribution in [2.75, 3.05) is 22.8 Å². The highest BCUT2D eigenvalue weighted by atomic mass is 79.9. The molecule has 0 saturated carbocycles. The number of benzene rings is 1. The maximum Gasteiger partial charge on any atom is 0.235 e. The largest absolute Gasteiger partial charge is 0.397 e. The van der Waals surface area contributed by atoms with Crippen molar-refractivity contribution in [3.05, 3.63) is 22.7 Å². The summed E-state index contributed by atoms with van der Waals surface area (Å²) < 4.78 is 26.1. The van der Waals surface area contributed by atoms with Crippen LogP contribution in [-0.4, -0.2) is 21.2 Å². The van der Waals surface area contributed by atoms with Crippen molar-refractivity contribution in [3.63, 3.8) is 0 Å². The van der Waals surface area contributed by atoms with Crippen LogP contribution in [0, 0.1) is 5.92 Å². The lowest BCUT2D eigenvalue weighted by atomic mass is 10.3. The van der Waals surface area contributed by atoms with E-state index in [9.17, 15) is 8.42 Å². The van der Waals surface area contributed by atoms with Crippen molar-refractivity contribution in [2.45, 2.75) is 13.8 Å². The number of nitrogen functional groups attached to an aromatic ring is 1. The number of hydrogen-bond acceptors (Lipinski definition) is 3. The number of rotatable bonds is 4. The zero-order valence-electron chi connectivity index (χ0n) is 10.1. The minimum absolute atomic E-state index is 0.0825. The summed E-state index contributed by atoms with van der Waals surface area (Å²) in [5, 5.41) is 0. The molecule has 0 aliphatic carbocycles. The molecule has 0 bridgehead atoms. The molecular weight excluding hydrogens is 304 g/mol. The molecule has 0 fully saturated rings. The molecule has 0 amide bonds. The first kappa shape index (κ1) is 14.3. The normalized spacial score (nSPS) is 11.8. The van der Waals surface area contributed by atoms with Crippen LogP contribution in [0.25, 0.3) is 0 Å². The lowest BCUT2D eigenvalue weighted by molar-refractivity contribution is 0.580. The van der Waals surface area contributed by atoms with Crippen LogP contribution >= 0.6 is 15.9 Å². The van der Waals surface area contributed by atoms with Crippen molar-refractivity contribution in [1.29, 1.82) is 0 Å². The fraction of sp³-hybridized carbons (Fsp3) is 0.455. The Morgan fingerprint density at radius 3 is 2.47 bits per heavy atom. The molecule has 1 rings (SSSR count). The molecule has 17 heavy (non-hydrogen) atoms. The van der Waals surface area contributed by atoms with Crippen molar-refractivity contribution in [3.8, 4) is 0 Å². The SMILES string of the molecule is CC(C)CS(=O)(=O)N(C)c1ccc(Br)cc1N. The van der Waals surface area contributed by atoms with E-state index in [4.69, 9.17) is 5.73 Å². The highest BCUT2D eigenvalue weighted by molar-refractivity contribution is 9.10. The molecule has 2 N–H and O–H groups in total. The summed E-state index contributed by atoms with van der Waals surface area (Å²) in [6.45, 7) is 3.74. The van der Waals surface area contributed by atoms with Crippen LogP contribution in [0.2, 0.25) is 0 Å². The molecule has 0 saturated heterocycles. The average molecular weight is 321 g/mol. The van der Waals surface area contributed by atoms with Crippen LogP contribution in [0.1, 0.15) is 13.8 Å². The van der Waals surface area contributed by atoms with Gasteiger partial charge in [0.15, 0.2) is 0 Å². The van der Waals surface area contributed by atoms with E-state index in [0.717, 1.165) is 4.47 Å². The number of halogens is 1. The molecular formula is C11H17BrN2O2S. The molecule has 1 aromatic rings. The monoisotopic (exact) mass is 320 g/mol. The summed E-state index contributed by atoms with van der Waals surface area (Å²) in [6, 6.07) is 5.15. The number of sulfonamides is 1. The lowest BCUT2D eigenvalue weighted by Gasteiger charge is -2.22. The van der Waals surface area contributed by atoms with Crippen molar-refractivity contribution in [1.82, 2.24) is 0 Å². The molecule has 0 unspecified atom stereocenters. The lowest BCUT2D eigenvalue weighted by Crippen LogP contribution is -2.31. The average Bonchev–Trinajstić information content (AvgIpc) is 2.14. The number of anilines is 2. The molecule has 0 aliphatic heterocycles. The van der Waals surface area contributed by atoms with E-state index in [1.54, 1.807) is 18.2 Å². The van der Waals surface area contributed by atoms with E-state index in [-0.39, 0.29) is 11.7 Å². The van der Waals surface area contributed by atoms with E-state index in [1.807, 2.05) is 13.8 Å². The van der Waals surface area contributed by atoms with Gasteiger partial charge in [-0.15, -0.1) is 0 Å². The van der Waals surface area contributed by atoms with Crippen LogP contribution in [0.3, 0.4) is 0 Å². The Hall–Kier alpha value is -0.750. The molecule has 0 aromatic heterocycles. The second-order valence-electron chi connectivity index (χ2n) is 4.34. The van der Waals surface area contributed by atoms with E-state index < -0.39 is 10.0 Å². The fourth-order valence-electron chi connectivity index (χ4n) is 1.50. The summed E-state index contributed by atoms with van der Waals surface area (Å²) in [7, 11) is -1.78. The molecule has 0 heterocycles. The van der Waals surface area contributed by atoms with Gasteiger partial charge in [-0.05, 0) is 24.1 Å². The maximum absolute atomic E-state index is 12.0. The van der Waals surface area contributed by atoms with Gasteiger partial charge in [-0.25, -0.2) is 8.42 Å². The Kier molecular flexibility index (Phi) is 4.43. The van der Waals surface area contributed by atoms with Gasteiger partial charge in [0.25, 0.3) is 0 Å². The smallest absolute Gasteiger partial charge is 0.235 e. The molecule has 0 radical (unpaired) electrons. The molecule has 1 aromatic carbocycles. The van der Waals surface area contributed by atoms with Gasteiger partial charge in [-0.1, -0.05) is 29.8 Å². The quantitative estimate of drug-likeness (QED) is 0.867. The zero-order valence-corrected chi connectivity index (χ0v) is 12.5. The molecule has 0 spiro atoms. The Labute approximate surface area is 111 Å². The Morgan fingerprint density at radius 2 is 2.00 bits per heavy atom. The molecule has 96 valence electrons. The molecule has 4 nitrogen and oxygen atoms in total. The Balaban J connectivity index is 3.08. The summed E-state index contributed by atoms with van der Waals surface area (Å²) in [4.78, 5) is 0. The molecule has 0 atom stereocenters. The van der Waals surface area contributed by atoms with E-state index in [0.29, 0.717) is 11.4 Å². The van der Waals surface area contributed by atoms with Crippen molar-refractivity contribution in [2.24, 2.45) is 5.92 Å². The van der Waals surface area contributed by atoms with Crippen LogP contribution < -0.4 is 10.0 Å². The highest BCUT2D eigenvalue weighted by Gasteiger charge is 2.21. The van der Waals surface area contributed by atoms with Crippen LogP contribution in [0.4, 0.5) is 11.4 Å². The zero-order chi connectivity index (χ0) is 13.2. The topological polar surface area (TPSA) is 63.4 Å². The first-order valence-electron chi connectivity index (χ1n) is 5.25. The number of nitrogens with zero attached hydrogens (tertiary/aromatic N) is 1. The van der Waals surface area contributed by atoms with Gasteiger partial charge in [0.2, 0.25) is 10.0 Å². The van der Waals surface area contributed by atoms with Gasteiger partial charge >= 0.3 is 0 Å². The third-order valence-corrected chi connectivity index (χ3v) is 4.90. The van der Waals surface area contributed by atoms with Gasteiger partial charge in [0, 0.05) is 11.5 Å². The van der Waals surface area contributed by atoms with Crippen LogP contribution in [0.15, 0.2) is 22.7 Å². The first-order chi connectivity index (χ1) is 7.74. The molecule has 6 heteroatoms. The minimum atomic E-state index is -3.31. The fourth-order valence-corrected chi connectivity index (χ4v) is 3.41. The van der Waals surface area contributed by atoms with E-state index >= 15 is 0 Å². The van der Waals surface area contributed by atoms with Gasteiger partial charge in [-0.3, -0.25) is 4.31 Å². The van der Waals surface area contributed by atoms with Gasteiger partial charge in [-0.2, -0.15) is 0 Å². The van der Waals surface area contributed by atoms with Crippen molar-refractivity contribution >= 4 is 37.3 Å². The standard InChI is InChI=1S/C11H17BrN2O2S/c1-8(2)7-17(15,16)14(3)11-5-4-9(12)6-10(11)13/h4-6,8H,7,13H2,1-3H3. The number of nitrogens with two attached hydrogens (primary N) is 1. The summed E-state index contributed by atoms with van der Waals surface area (Å²) in [5.41, 5.74) is 6.76. The third kappa shape index (κ3) is 3.61. The van der Waals surface area contributed by atoms with E-state index in [1.165, 1.54) is 11.4 Å². The minimum Gasteiger partial charge on any atom is -0.397 e. The Bertz CT molecular complexity index is 500. The predicted octanol–water partition coefficient (Wildman–Crippen LogP) is 2.45. The molecule has 0 aliphatic rings. The number of hydrogen-bond donors (Lipinski definition) is 1. The van der Waals surface area contributed by atoms with Crippen LogP contribution in [0.5, 0.6) is 0 Å².